The zero-order valence-electron chi connectivity index (χ0n) is 13.1. The third-order valence-electron chi connectivity index (χ3n) is 4.11. The summed E-state index contributed by atoms with van der Waals surface area (Å²) in [7, 11) is 0. The molecular weight excluding hydrogens is 294 g/mol. The van der Waals surface area contributed by atoms with E-state index in [-0.39, 0.29) is 5.75 Å². The van der Waals surface area contributed by atoms with Crippen molar-refractivity contribution in [2.24, 2.45) is 0 Å². The normalized spacial score (nSPS) is 10.7. The largest absolute Gasteiger partial charge is 0.508 e. The van der Waals surface area contributed by atoms with Crippen LogP contribution in [-0.4, -0.2) is 5.11 Å². The third-order valence-corrected chi connectivity index (χ3v) is 4.11. The smallest absolute Gasteiger partial charge is 0.115 e. The quantitative estimate of drug-likeness (QED) is 0.500. The number of fused-ring (bicyclic) bond motifs is 1. The Morgan fingerprint density at radius 1 is 0.500 bits per heavy atom. The number of benzene rings is 4. The molecule has 0 aromatic heterocycles. The number of hydrogen-bond acceptors (Lipinski definition) is 2. The Balaban J connectivity index is 1.89. The molecule has 0 atom stereocenters. The average Bonchev–Trinajstić information content (AvgIpc) is 2.64. The summed E-state index contributed by atoms with van der Waals surface area (Å²) in [5.74, 6) is 0.269. The van der Waals surface area contributed by atoms with Crippen molar-refractivity contribution < 1.29 is 5.11 Å². The molecule has 2 nitrogen and oxygen atoms in total. The molecule has 4 aromatic carbocycles. The molecule has 116 valence electrons. The summed E-state index contributed by atoms with van der Waals surface area (Å²) in [5, 5.41) is 12.0. The second kappa shape index (κ2) is 6.09. The van der Waals surface area contributed by atoms with Crippen molar-refractivity contribution in [2.45, 2.75) is 0 Å². The first-order chi connectivity index (χ1) is 11.8. The summed E-state index contributed by atoms with van der Waals surface area (Å²) in [6.07, 6.45) is 0. The number of aromatic hydroxyl groups is 1. The molecule has 0 unspecified atom stereocenters. The first kappa shape index (κ1) is 14.3. The van der Waals surface area contributed by atoms with Crippen LogP contribution in [0.1, 0.15) is 0 Å². The Hall–Kier alpha value is -3.26. The minimum Gasteiger partial charge on any atom is -0.508 e. The molecule has 0 saturated carbocycles. The van der Waals surface area contributed by atoms with Crippen LogP contribution < -0.4 is 4.90 Å². The van der Waals surface area contributed by atoms with Crippen molar-refractivity contribution >= 4 is 27.8 Å². The van der Waals surface area contributed by atoms with E-state index in [1.807, 2.05) is 30.3 Å². The van der Waals surface area contributed by atoms with E-state index in [9.17, 15) is 5.11 Å². The zero-order valence-corrected chi connectivity index (χ0v) is 13.1. The first-order valence-electron chi connectivity index (χ1n) is 7.94. The SMILES string of the molecule is Oc1ccc(N(c2ccccc2)c2ccc3ccccc3c2)cc1. The maximum atomic E-state index is 9.60. The maximum absolute atomic E-state index is 9.60. The Bertz CT molecular complexity index is 962. The summed E-state index contributed by atoms with van der Waals surface area (Å²) in [4.78, 5) is 2.19. The van der Waals surface area contributed by atoms with Gasteiger partial charge in [-0.05, 0) is 59.3 Å². The summed E-state index contributed by atoms with van der Waals surface area (Å²) in [6, 6.07) is 32.3. The van der Waals surface area contributed by atoms with Crippen molar-refractivity contribution in [3.8, 4) is 5.75 Å². The molecule has 0 aliphatic rings. The van der Waals surface area contributed by atoms with Gasteiger partial charge in [0.05, 0.1) is 0 Å². The van der Waals surface area contributed by atoms with E-state index in [1.165, 1.54) is 10.8 Å². The summed E-state index contributed by atoms with van der Waals surface area (Å²) in [5.41, 5.74) is 3.18. The van der Waals surface area contributed by atoms with E-state index >= 15 is 0 Å². The second-order valence-corrected chi connectivity index (χ2v) is 5.72. The predicted octanol–water partition coefficient (Wildman–Crippen LogP) is 6.02. The van der Waals surface area contributed by atoms with Gasteiger partial charge in [-0.15, -0.1) is 0 Å². The first-order valence-corrected chi connectivity index (χ1v) is 7.94. The lowest BCUT2D eigenvalue weighted by Crippen LogP contribution is -2.09. The number of rotatable bonds is 3. The number of phenolic OH excluding ortho intramolecular Hbond substituents is 1. The number of nitrogens with zero attached hydrogens (tertiary/aromatic N) is 1. The molecule has 0 aliphatic heterocycles. The van der Waals surface area contributed by atoms with Crippen LogP contribution in [0.3, 0.4) is 0 Å². The lowest BCUT2D eigenvalue weighted by atomic mass is 10.1. The topological polar surface area (TPSA) is 23.5 Å². The highest BCUT2D eigenvalue weighted by Crippen LogP contribution is 2.36. The Kier molecular flexibility index (Phi) is 3.64. The Morgan fingerprint density at radius 3 is 1.83 bits per heavy atom. The van der Waals surface area contributed by atoms with Gasteiger partial charge >= 0.3 is 0 Å². The van der Waals surface area contributed by atoms with Crippen LogP contribution >= 0.6 is 0 Å². The molecule has 24 heavy (non-hydrogen) atoms. The van der Waals surface area contributed by atoms with Crippen LogP contribution in [0.2, 0.25) is 0 Å². The molecule has 0 aliphatic carbocycles. The van der Waals surface area contributed by atoms with Crippen molar-refractivity contribution in [1.29, 1.82) is 0 Å². The van der Waals surface area contributed by atoms with E-state index in [1.54, 1.807) is 12.1 Å². The molecule has 0 bridgehead atoms. The van der Waals surface area contributed by atoms with E-state index in [0.29, 0.717) is 0 Å². The number of anilines is 3. The predicted molar refractivity (Wildman–Crippen MR) is 100 cm³/mol. The van der Waals surface area contributed by atoms with Gasteiger partial charge in [-0.3, -0.25) is 0 Å². The van der Waals surface area contributed by atoms with Crippen LogP contribution in [0, 0.1) is 0 Å². The van der Waals surface area contributed by atoms with Crippen molar-refractivity contribution in [3.63, 3.8) is 0 Å². The summed E-state index contributed by atoms with van der Waals surface area (Å²) < 4.78 is 0. The fourth-order valence-electron chi connectivity index (χ4n) is 2.94. The molecule has 0 fully saturated rings. The van der Waals surface area contributed by atoms with Crippen molar-refractivity contribution in [1.82, 2.24) is 0 Å². The molecule has 1 N–H and O–H groups in total. The van der Waals surface area contributed by atoms with Gasteiger partial charge in [-0.1, -0.05) is 48.5 Å². The highest BCUT2D eigenvalue weighted by atomic mass is 16.3. The van der Waals surface area contributed by atoms with Crippen LogP contribution in [-0.2, 0) is 0 Å². The lowest BCUT2D eigenvalue weighted by Gasteiger charge is -2.25. The van der Waals surface area contributed by atoms with Gasteiger partial charge in [0, 0.05) is 17.1 Å². The van der Waals surface area contributed by atoms with Gasteiger partial charge in [-0.2, -0.15) is 0 Å². The minimum atomic E-state index is 0.269. The molecule has 0 radical (unpaired) electrons. The molecule has 0 saturated heterocycles. The second-order valence-electron chi connectivity index (χ2n) is 5.72. The lowest BCUT2D eigenvalue weighted by molar-refractivity contribution is 0.475. The molecule has 0 amide bonds. The van der Waals surface area contributed by atoms with Gasteiger partial charge in [0.25, 0.3) is 0 Å². The Morgan fingerprint density at radius 2 is 1.08 bits per heavy atom. The standard InChI is InChI=1S/C22H17NO/c24-22-14-12-20(13-15-22)23(19-8-2-1-3-9-19)21-11-10-17-6-4-5-7-18(17)16-21/h1-16,24H. The number of para-hydroxylation sites is 1. The number of phenols is 1. The van der Waals surface area contributed by atoms with Gasteiger partial charge < -0.3 is 10.0 Å². The molecule has 4 aromatic rings. The molecule has 0 heterocycles. The minimum absolute atomic E-state index is 0.269. The molecule has 4 rings (SSSR count). The third kappa shape index (κ3) is 2.70. The van der Waals surface area contributed by atoms with Crippen LogP contribution in [0.5, 0.6) is 5.75 Å². The van der Waals surface area contributed by atoms with Crippen LogP contribution in [0.25, 0.3) is 10.8 Å². The molecule has 0 spiro atoms. The summed E-state index contributed by atoms with van der Waals surface area (Å²) >= 11 is 0. The maximum Gasteiger partial charge on any atom is 0.115 e. The summed E-state index contributed by atoms with van der Waals surface area (Å²) in [6.45, 7) is 0. The highest BCUT2D eigenvalue weighted by Gasteiger charge is 2.12. The molecule has 2 heteroatoms. The molecular formula is C22H17NO. The monoisotopic (exact) mass is 311 g/mol. The van der Waals surface area contributed by atoms with Crippen molar-refractivity contribution in [3.05, 3.63) is 97.1 Å². The van der Waals surface area contributed by atoms with Crippen molar-refractivity contribution in [2.75, 3.05) is 4.90 Å². The highest BCUT2D eigenvalue weighted by molar-refractivity contribution is 5.89. The van der Waals surface area contributed by atoms with Gasteiger partial charge in [0.15, 0.2) is 0 Å². The fraction of sp³-hybridized carbons (Fsp3) is 0. The van der Waals surface area contributed by atoms with E-state index in [2.05, 4.69) is 59.5 Å². The van der Waals surface area contributed by atoms with E-state index in [0.717, 1.165) is 17.1 Å². The van der Waals surface area contributed by atoms with E-state index < -0.39 is 0 Å². The van der Waals surface area contributed by atoms with Crippen LogP contribution in [0.4, 0.5) is 17.1 Å². The zero-order chi connectivity index (χ0) is 16.4. The van der Waals surface area contributed by atoms with Gasteiger partial charge in [-0.25, -0.2) is 0 Å². The van der Waals surface area contributed by atoms with Crippen LogP contribution in [0.15, 0.2) is 97.1 Å². The number of hydrogen-bond donors (Lipinski definition) is 1. The average molecular weight is 311 g/mol. The Labute approximate surface area is 141 Å². The van der Waals surface area contributed by atoms with Gasteiger partial charge in [0.1, 0.15) is 5.75 Å². The fourth-order valence-corrected chi connectivity index (χ4v) is 2.94. The van der Waals surface area contributed by atoms with E-state index in [4.69, 9.17) is 0 Å². The van der Waals surface area contributed by atoms with Gasteiger partial charge in [0.2, 0.25) is 0 Å².